The van der Waals surface area contributed by atoms with Gasteiger partial charge in [0.05, 0.1) is 0 Å². The Kier molecular flexibility index (Phi) is 1.38. The number of nitrogen functional groups attached to an aromatic ring is 1. The lowest BCUT2D eigenvalue weighted by Crippen LogP contribution is -2.12. The number of aromatic amines is 1. The van der Waals surface area contributed by atoms with Crippen LogP contribution in [0.4, 0.5) is 5.82 Å². The molecule has 0 aliphatic heterocycles. The number of nitriles is 1. The van der Waals surface area contributed by atoms with E-state index in [1.807, 2.05) is 0 Å². The van der Waals surface area contributed by atoms with Crippen molar-refractivity contribution in [3.05, 3.63) is 22.2 Å². The number of anilines is 1. The third kappa shape index (κ3) is 0.951. The molecule has 10 heavy (non-hydrogen) atoms. The molecule has 0 radical (unpaired) electrons. The Morgan fingerprint density at radius 3 is 3.00 bits per heavy atom. The van der Waals surface area contributed by atoms with Gasteiger partial charge in [0.25, 0.3) is 0 Å². The molecule has 1 aromatic heterocycles. The zero-order chi connectivity index (χ0) is 7.56. The largest absolute Gasteiger partial charge is 0.382 e. The quantitative estimate of drug-likeness (QED) is 0.489. The van der Waals surface area contributed by atoms with Crippen molar-refractivity contribution in [2.45, 2.75) is 0 Å². The van der Waals surface area contributed by atoms with Gasteiger partial charge in [-0.25, -0.2) is 4.79 Å². The van der Waals surface area contributed by atoms with Crippen molar-refractivity contribution in [1.82, 2.24) is 9.97 Å². The van der Waals surface area contributed by atoms with E-state index in [1.165, 1.54) is 6.20 Å². The fraction of sp³-hybridized carbons (Fsp3) is 0. The summed E-state index contributed by atoms with van der Waals surface area (Å²) in [4.78, 5) is 15.9. The van der Waals surface area contributed by atoms with Crippen LogP contribution in [0.25, 0.3) is 0 Å². The first-order valence-corrected chi connectivity index (χ1v) is 2.49. The first-order valence-electron chi connectivity index (χ1n) is 2.49. The van der Waals surface area contributed by atoms with Crippen LogP contribution in [-0.2, 0) is 0 Å². The highest BCUT2D eigenvalue weighted by molar-refractivity contribution is 5.45. The van der Waals surface area contributed by atoms with Crippen molar-refractivity contribution in [2.75, 3.05) is 5.73 Å². The van der Waals surface area contributed by atoms with Gasteiger partial charge in [0.15, 0.2) is 0 Å². The monoisotopic (exact) mass is 136 g/mol. The molecule has 0 atom stereocenters. The van der Waals surface area contributed by atoms with Crippen molar-refractivity contribution >= 4 is 5.82 Å². The van der Waals surface area contributed by atoms with Crippen molar-refractivity contribution in [3.63, 3.8) is 0 Å². The molecule has 5 nitrogen and oxygen atoms in total. The summed E-state index contributed by atoms with van der Waals surface area (Å²) in [6.07, 6.45) is 1.23. The topological polar surface area (TPSA) is 95.6 Å². The molecular formula is C5H4N4O. The van der Waals surface area contributed by atoms with Crippen LogP contribution in [0.2, 0.25) is 0 Å². The molecule has 1 aromatic rings. The van der Waals surface area contributed by atoms with E-state index in [9.17, 15) is 4.79 Å². The number of aromatic nitrogens is 2. The summed E-state index contributed by atoms with van der Waals surface area (Å²) in [6.45, 7) is 0. The van der Waals surface area contributed by atoms with Crippen LogP contribution in [0.15, 0.2) is 11.0 Å². The molecule has 0 bridgehead atoms. The summed E-state index contributed by atoms with van der Waals surface area (Å²) >= 11 is 0. The normalized spacial score (nSPS) is 8.70. The summed E-state index contributed by atoms with van der Waals surface area (Å²) in [5.74, 6) is -0.0359. The van der Waals surface area contributed by atoms with E-state index >= 15 is 0 Å². The molecule has 3 N–H and O–H groups in total. The van der Waals surface area contributed by atoms with Gasteiger partial charge in [-0.05, 0) is 0 Å². The molecule has 1 rings (SSSR count). The Balaban J connectivity index is 3.37. The first-order chi connectivity index (χ1) is 4.74. The Labute approximate surface area is 56.1 Å². The van der Waals surface area contributed by atoms with Crippen molar-refractivity contribution in [3.8, 4) is 6.07 Å². The maximum absolute atomic E-state index is 10.4. The van der Waals surface area contributed by atoms with Crippen LogP contribution in [0, 0.1) is 11.3 Å². The second-order valence-electron chi connectivity index (χ2n) is 1.62. The molecule has 0 aliphatic rings. The Hall–Kier alpha value is -1.83. The number of nitrogens with one attached hydrogen (secondary N) is 1. The first kappa shape index (κ1) is 6.29. The van der Waals surface area contributed by atoms with Gasteiger partial charge in [-0.3, -0.25) is 0 Å². The number of nitrogens with zero attached hydrogens (tertiary/aromatic N) is 2. The molecule has 0 saturated carbocycles. The lowest BCUT2D eigenvalue weighted by Gasteiger charge is -1.90. The molecule has 0 amide bonds. The zero-order valence-electron chi connectivity index (χ0n) is 4.96. The van der Waals surface area contributed by atoms with E-state index in [-0.39, 0.29) is 11.4 Å². The Bertz CT molecular complexity index is 334. The Morgan fingerprint density at radius 2 is 2.50 bits per heavy atom. The van der Waals surface area contributed by atoms with E-state index in [2.05, 4.69) is 9.97 Å². The molecule has 0 spiro atoms. The summed E-state index contributed by atoms with van der Waals surface area (Å²) < 4.78 is 0. The number of hydrogen-bond donors (Lipinski definition) is 2. The highest BCUT2D eigenvalue weighted by Gasteiger charge is 1.96. The average Bonchev–Trinajstić information content (AvgIpc) is 1.88. The van der Waals surface area contributed by atoms with E-state index < -0.39 is 5.69 Å². The maximum atomic E-state index is 10.4. The molecule has 1 heterocycles. The molecule has 0 aromatic carbocycles. The second-order valence-corrected chi connectivity index (χ2v) is 1.62. The van der Waals surface area contributed by atoms with E-state index in [1.54, 1.807) is 6.07 Å². The van der Waals surface area contributed by atoms with Gasteiger partial charge in [0, 0.05) is 6.20 Å². The highest BCUT2D eigenvalue weighted by atomic mass is 16.1. The smallest absolute Gasteiger partial charge is 0.346 e. The fourth-order valence-electron chi connectivity index (χ4n) is 0.499. The van der Waals surface area contributed by atoms with Gasteiger partial charge in [-0.15, -0.1) is 0 Å². The number of hydrogen-bond acceptors (Lipinski definition) is 4. The number of rotatable bonds is 0. The third-order valence-electron chi connectivity index (χ3n) is 0.958. The van der Waals surface area contributed by atoms with E-state index in [4.69, 9.17) is 11.0 Å². The second kappa shape index (κ2) is 2.19. The van der Waals surface area contributed by atoms with Crippen LogP contribution in [0.3, 0.4) is 0 Å². The SMILES string of the molecule is N#Cc1c[nH]c(=O)nc1N. The van der Waals surface area contributed by atoms with Crippen LogP contribution >= 0.6 is 0 Å². The number of H-pyrrole nitrogens is 1. The van der Waals surface area contributed by atoms with Crippen LogP contribution < -0.4 is 11.4 Å². The lowest BCUT2D eigenvalue weighted by molar-refractivity contribution is 1.07. The summed E-state index contributed by atoms with van der Waals surface area (Å²) in [7, 11) is 0. The minimum atomic E-state index is -0.545. The van der Waals surface area contributed by atoms with Crippen molar-refractivity contribution in [2.24, 2.45) is 0 Å². The zero-order valence-corrected chi connectivity index (χ0v) is 4.96. The summed E-state index contributed by atoms with van der Waals surface area (Å²) in [5.41, 5.74) is 4.81. The summed E-state index contributed by atoms with van der Waals surface area (Å²) in [5, 5.41) is 8.32. The third-order valence-corrected chi connectivity index (χ3v) is 0.958. The molecule has 50 valence electrons. The van der Waals surface area contributed by atoms with Crippen LogP contribution in [0.5, 0.6) is 0 Å². The fourth-order valence-corrected chi connectivity index (χ4v) is 0.499. The molecule has 0 saturated heterocycles. The molecule has 0 fully saturated rings. The predicted octanol–water partition coefficient (Wildman–Crippen LogP) is -0.776. The minimum Gasteiger partial charge on any atom is -0.382 e. The van der Waals surface area contributed by atoms with Gasteiger partial charge in [0.1, 0.15) is 17.5 Å². The molecule has 0 unspecified atom stereocenters. The lowest BCUT2D eigenvalue weighted by atomic mass is 10.3. The van der Waals surface area contributed by atoms with Gasteiger partial charge in [-0.2, -0.15) is 10.2 Å². The van der Waals surface area contributed by atoms with Crippen molar-refractivity contribution < 1.29 is 0 Å². The minimum absolute atomic E-state index is 0.0359. The molecule has 0 aliphatic carbocycles. The van der Waals surface area contributed by atoms with Crippen LogP contribution in [0.1, 0.15) is 5.56 Å². The van der Waals surface area contributed by atoms with Crippen molar-refractivity contribution in [1.29, 1.82) is 5.26 Å². The van der Waals surface area contributed by atoms with E-state index in [0.29, 0.717) is 0 Å². The van der Waals surface area contributed by atoms with Gasteiger partial charge < -0.3 is 10.7 Å². The van der Waals surface area contributed by atoms with Crippen LogP contribution in [-0.4, -0.2) is 9.97 Å². The molecule has 5 heteroatoms. The highest BCUT2D eigenvalue weighted by Crippen LogP contribution is 1.98. The standard InChI is InChI=1S/C5H4N4O/c6-1-3-2-8-5(10)9-4(3)7/h2H,(H3,7,8,9,10). The maximum Gasteiger partial charge on any atom is 0.346 e. The average molecular weight is 136 g/mol. The predicted molar refractivity (Wildman–Crippen MR) is 34.0 cm³/mol. The Morgan fingerprint density at radius 1 is 1.80 bits per heavy atom. The number of nitrogens with two attached hydrogens (primary N) is 1. The van der Waals surface area contributed by atoms with E-state index in [0.717, 1.165) is 0 Å². The molecular weight excluding hydrogens is 132 g/mol. The summed E-state index contributed by atoms with van der Waals surface area (Å²) in [6, 6.07) is 1.76. The van der Waals surface area contributed by atoms with Gasteiger partial charge in [0.2, 0.25) is 0 Å². The van der Waals surface area contributed by atoms with Gasteiger partial charge in [-0.1, -0.05) is 0 Å². The van der Waals surface area contributed by atoms with Gasteiger partial charge >= 0.3 is 5.69 Å².